The Morgan fingerprint density at radius 2 is 2.28 bits per heavy atom. The van der Waals surface area contributed by atoms with Crippen LogP contribution in [-0.4, -0.2) is 38.0 Å². The number of hydrogen-bond acceptors (Lipinski definition) is 5. The predicted octanol–water partition coefficient (Wildman–Crippen LogP) is 1.00. The molecule has 2 N–H and O–H groups in total. The number of nitrogens with two attached hydrogens (primary N) is 1. The second-order valence-electron chi connectivity index (χ2n) is 4.48. The van der Waals surface area contributed by atoms with Crippen LogP contribution in [0.25, 0.3) is 0 Å². The van der Waals surface area contributed by atoms with Crippen LogP contribution in [0.2, 0.25) is 0 Å². The van der Waals surface area contributed by atoms with Gasteiger partial charge in [-0.3, -0.25) is 0 Å². The van der Waals surface area contributed by atoms with Gasteiger partial charge in [0.05, 0.1) is 17.6 Å². The molecule has 5 nitrogen and oxygen atoms in total. The van der Waals surface area contributed by atoms with Crippen molar-refractivity contribution in [2.45, 2.75) is 37.4 Å². The standard InChI is InChI=1S/C11H18N2O3S2/c1-8-7-16-9(2)6-13(8)18(14,15)11-3-4-17-10(11)5-12/h3-4,8-9H,5-7,12H2,1-2H3. The first-order chi connectivity index (χ1) is 8.46. The number of hydrogen-bond donors (Lipinski definition) is 1. The van der Waals surface area contributed by atoms with Gasteiger partial charge in [-0.15, -0.1) is 11.3 Å². The lowest BCUT2D eigenvalue weighted by atomic mass is 10.2. The van der Waals surface area contributed by atoms with Gasteiger partial charge in [-0.05, 0) is 25.3 Å². The molecule has 2 unspecified atom stereocenters. The number of thiophene rings is 1. The summed E-state index contributed by atoms with van der Waals surface area (Å²) in [7, 11) is -3.46. The second kappa shape index (κ2) is 5.26. The monoisotopic (exact) mass is 290 g/mol. The number of rotatable bonds is 3. The smallest absolute Gasteiger partial charge is 0.244 e. The molecule has 0 aliphatic carbocycles. The SMILES string of the molecule is CC1CN(S(=O)(=O)c2ccsc2CN)C(C)CO1. The molecular formula is C11H18N2O3S2. The molecule has 1 aliphatic heterocycles. The van der Waals surface area contributed by atoms with Crippen LogP contribution in [0, 0.1) is 0 Å². The highest BCUT2D eigenvalue weighted by Gasteiger charge is 2.35. The molecule has 18 heavy (non-hydrogen) atoms. The Morgan fingerprint density at radius 3 is 2.94 bits per heavy atom. The van der Waals surface area contributed by atoms with Crippen LogP contribution in [0.15, 0.2) is 16.3 Å². The summed E-state index contributed by atoms with van der Waals surface area (Å²) in [5, 5.41) is 1.77. The summed E-state index contributed by atoms with van der Waals surface area (Å²) in [6.07, 6.45) is -0.0732. The summed E-state index contributed by atoms with van der Waals surface area (Å²) < 4.78 is 32.2. The maximum atomic E-state index is 12.6. The van der Waals surface area contributed by atoms with E-state index in [4.69, 9.17) is 10.5 Å². The minimum absolute atomic E-state index is 0.0732. The fourth-order valence-corrected chi connectivity index (χ4v) is 5.04. The van der Waals surface area contributed by atoms with E-state index in [1.165, 1.54) is 15.6 Å². The molecule has 1 aliphatic rings. The van der Waals surface area contributed by atoms with Gasteiger partial charge in [0.25, 0.3) is 0 Å². The fraction of sp³-hybridized carbons (Fsp3) is 0.636. The summed E-state index contributed by atoms with van der Waals surface area (Å²) >= 11 is 1.38. The van der Waals surface area contributed by atoms with Crippen LogP contribution in [0.4, 0.5) is 0 Å². The van der Waals surface area contributed by atoms with Crippen LogP contribution < -0.4 is 5.73 Å². The zero-order chi connectivity index (χ0) is 13.3. The third-order valence-electron chi connectivity index (χ3n) is 3.03. The third kappa shape index (κ3) is 2.46. The highest BCUT2D eigenvalue weighted by atomic mass is 32.2. The molecular weight excluding hydrogens is 272 g/mol. The predicted molar refractivity (Wildman–Crippen MR) is 71.0 cm³/mol. The molecule has 2 rings (SSSR count). The van der Waals surface area contributed by atoms with Crippen LogP contribution in [0.3, 0.4) is 0 Å². The summed E-state index contributed by atoms with van der Waals surface area (Å²) in [6, 6.07) is 1.49. The number of morpholine rings is 1. The van der Waals surface area contributed by atoms with E-state index in [1.807, 2.05) is 13.8 Å². The van der Waals surface area contributed by atoms with Gasteiger partial charge in [0, 0.05) is 24.0 Å². The van der Waals surface area contributed by atoms with E-state index in [0.29, 0.717) is 22.9 Å². The number of sulfonamides is 1. The second-order valence-corrected chi connectivity index (χ2v) is 7.34. The van der Waals surface area contributed by atoms with E-state index in [9.17, 15) is 8.42 Å². The summed E-state index contributed by atoms with van der Waals surface area (Å²) in [5.41, 5.74) is 5.59. The molecule has 1 fully saturated rings. The van der Waals surface area contributed by atoms with Crippen molar-refractivity contribution in [3.63, 3.8) is 0 Å². The Morgan fingerprint density at radius 1 is 1.56 bits per heavy atom. The molecule has 102 valence electrons. The van der Waals surface area contributed by atoms with Gasteiger partial charge < -0.3 is 10.5 Å². The van der Waals surface area contributed by atoms with E-state index < -0.39 is 10.0 Å². The molecule has 2 heterocycles. The first-order valence-electron chi connectivity index (χ1n) is 5.86. The van der Waals surface area contributed by atoms with Gasteiger partial charge in [-0.2, -0.15) is 4.31 Å². The van der Waals surface area contributed by atoms with Gasteiger partial charge in [-0.1, -0.05) is 0 Å². The van der Waals surface area contributed by atoms with Gasteiger partial charge in [-0.25, -0.2) is 8.42 Å². The Hall–Kier alpha value is -0.470. The van der Waals surface area contributed by atoms with Gasteiger partial charge in [0.2, 0.25) is 10.0 Å². The minimum atomic E-state index is -3.46. The first kappa shape index (κ1) is 14.0. The molecule has 0 saturated carbocycles. The van der Waals surface area contributed by atoms with E-state index in [2.05, 4.69) is 0 Å². The number of ether oxygens (including phenoxy) is 1. The zero-order valence-electron chi connectivity index (χ0n) is 10.5. The first-order valence-corrected chi connectivity index (χ1v) is 8.18. The quantitative estimate of drug-likeness (QED) is 0.901. The Kier molecular flexibility index (Phi) is 4.08. The number of nitrogens with zero attached hydrogens (tertiary/aromatic N) is 1. The fourth-order valence-electron chi connectivity index (χ4n) is 2.04. The van der Waals surface area contributed by atoms with Crippen molar-refractivity contribution in [3.05, 3.63) is 16.3 Å². The van der Waals surface area contributed by atoms with Gasteiger partial charge >= 0.3 is 0 Å². The van der Waals surface area contributed by atoms with Crippen LogP contribution in [-0.2, 0) is 21.3 Å². The van der Waals surface area contributed by atoms with E-state index in [0.717, 1.165) is 0 Å². The molecule has 1 saturated heterocycles. The van der Waals surface area contributed by atoms with Crippen molar-refractivity contribution in [1.82, 2.24) is 4.31 Å². The van der Waals surface area contributed by atoms with E-state index in [-0.39, 0.29) is 18.7 Å². The zero-order valence-corrected chi connectivity index (χ0v) is 12.1. The van der Waals surface area contributed by atoms with Crippen LogP contribution in [0.1, 0.15) is 18.7 Å². The molecule has 0 amide bonds. The maximum Gasteiger partial charge on any atom is 0.244 e. The lowest BCUT2D eigenvalue weighted by Gasteiger charge is -2.35. The molecule has 0 spiro atoms. The van der Waals surface area contributed by atoms with E-state index in [1.54, 1.807) is 11.4 Å². The Labute approximate surface area is 112 Å². The minimum Gasteiger partial charge on any atom is -0.375 e. The average molecular weight is 290 g/mol. The lowest BCUT2D eigenvalue weighted by Crippen LogP contribution is -2.50. The van der Waals surface area contributed by atoms with Crippen molar-refractivity contribution >= 4 is 21.4 Å². The summed E-state index contributed by atoms with van der Waals surface area (Å²) in [4.78, 5) is 1.05. The van der Waals surface area contributed by atoms with Crippen molar-refractivity contribution in [2.75, 3.05) is 13.2 Å². The van der Waals surface area contributed by atoms with Gasteiger partial charge in [0.15, 0.2) is 0 Å². The highest BCUT2D eigenvalue weighted by molar-refractivity contribution is 7.89. The molecule has 2 atom stereocenters. The summed E-state index contributed by atoms with van der Waals surface area (Å²) in [5.74, 6) is 0. The van der Waals surface area contributed by atoms with Crippen LogP contribution in [0.5, 0.6) is 0 Å². The molecule has 1 aromatic heterocycles. The summed E-state index contributed by atoms with van der Waals surface area (Å²) in [6.45, 7) is 4.82. The van der Waals surface area contributed by atoms with E-state index >= 15 is 0 Å². The molecule has 0 radical (unpaired) electrons. The topological polar surface area (TPSA) is 72.6 Å². The van der Waals surface area contributed by atoms with Crippen molar-refractivity contribution in [3.8, 4) is 0 Å². The average Bonchev–Trinajstić information content (AvgIpc) is 2.81. The van der Waals surface area contributed by atoms with Crippen molar-refractivity contribution in [2.24, 2.45) is 5.73 Å². The normalized spacial score (nSPS) is 26.4. The van der Waals surface area contributed by atoms with Crippen molar-refractivity contribution < 1.29 is 13.2 Å². The Balaban J connectivity index is 2.36. The molecule has 0 aromatic carbocycles. The molecule has 7 heteroatoms. The maximum absolute atomic E-state index is 12.6. The van der Waals surface area contributed by atoms with Gasteiger partial charge in [0.1, 0.15) is 0 Å². The highest BCUT2D eigenvalue weighted by Crippen LogP contribution is 2.27. The lowest BCUT2D eigenvalue weighted by molar-refractivity contribution is -0.0170. The largest absolute Gasteiger partial charge is 0.375 e. The van der Waals surface area contributed by atoms with Crippen LogP contribution >= 0.6 is 11.3 Å². The molecule has 0 bridgehead atoms. The third-order valence-corrected chi connectivity index (χ3v) is 6.16. The Bertz CT molecular complexity index is 512. The molecule has 1 aromatic rings. The van der Waals surface area contributed by atoms with Crippen molar-refractivity contribution in [1.29, 1.82) is 0 Å².